The van der Waals surface area contributed by atoms with Crippen LogP contribution in [0.5, 0.6) is 0 Å². The molecule has 36 heavy (non-hydrogen) atoms. The van der Waals surface area contributed by atoms with Gasteiger partial charge in [0.2, 0.25) is 11.8 Å². The number of rotatable bonds is 4. The van der Waals surface area contributed by atoms with E-state index in [1.807, 2.05) is 11.5 Å². The molecule has 1 unspecified atom stereocenters. The molecule has 0 radical (unpaired) electrons. The van der Waals surface area contributed by atoms with E-state index in [4.69, 9.17) is 0 Å². The van der Waals surface area contributed by atoms with Gasteiger partial charge in [0.25, 0.3) is 11.8 Å². The van der Waals surface area contributed by atoms with E-state index in [0.29, 0.717) is 43.9 Å². The van der Waals surface area contributed by atoms with Gasteiger partial charge in [-0.2, -0.15) is 0 Å². The molecular weight excluding hydrogens is 466 g/mol. The normalized spacial score (nSPS) is 19.4. The fraction of sp³-hybridized carbons (Fsp3) is 0.391. The van der Waals surface area contributed by atoms with Crippen LogP contribution in [-0.2, 0) is 35.6 Å². The van der Waals surface area contributed by atoms with Crippen molar-refractivity contribution in [1.29, 1.82) is 0 Å². The first-order chi connectivity index (χ1) is 17.4. The van der Waals surface area contributed by atoms with Gasteiger partial charge in [0.05, 0.1) is 18.4 Å². The molecule has 2 aromatic heterocycles. The second-order valence-electron chi connectivity index (χ2n) is 9.05. The maximum absolute atomic E-state index is 13.1. The highest BCUT2D eigenvalue weighted by Gasteiger charge is 2.39. The Bertz CT molecular complexity index is 1420. The van der Waals surface area contributed by atoms with Crippen molar-refractivity contribution in [1.82, 2.24) is 44.9 Å². The van der Waals surface area contributed by atoms with Gasteiger partial charge in [0.1, 0.15) is 11.9 Å². The Hall–Kier alpha value is -4.42. The predicted octanol–water partition coefficient (Wildman–Crippen LogP) is -0.162. The first kappa shape index (κ1) is 22.1. The maximum atomic E-state index is 13.1. The quantitative estimate of drug-likeness (QED) is 0.497. The molecule has 184 valence electrons. The standard InChI is InChI=1S/C23H23N9O4/c1-2-18-26-27-19-12-29(7-8-30(18)19)23(36)16-11-32(28-25-16)14-4-3-13-10-31(22(35)15(13)9-14)17-5-6-20(33)24-21(17)34/h3-4,9,11,17H,2,5-8,10,12H2,1H3,(H,24,33,34). The van der Waals surface area contributed by atoms with E-state index in [0.717, 1.165) is 23.6 Å². The van der Waals surface area contributed by atoms with Crippen molar-refractivity contribution in [2.24, 2.45) is 0 Å². The van der Waals surface area contributed by atoms with E-state index in [9.17, 15) is 19.2 Å². The fourth-order valence-electron chi connectivity index (χ4n) is 4.99. The molecule has 13 nitrogen and oxygen atoms in total. The molecule has 1 N–H and O–H groups in total. The molecule has 6 rings (SSSR count). The summed E-state index contributed by atoms with van der Waals surface area (Å²) in [6.07, 6.45) is 2.83. The average molecular weight is 489 g/mol. The van der Waals surface area contributed by atoms with E-state index in [1.165, 1.54) is 15.8 Å². The average Bonchev–Trinajstić information content (AvgIpc) is 3.60. The Morgan fingerprint density at radius 3 is 2.78 bits per heavy atom. The lowest BCUT2D eigenvalue weighted by atomic mass is 10.0. The molecule has 0 saturated carbocycles. The van der Waals surface area contributed by atoms with Crippen LogP contribution >= 0.6 is 0 Å². The minimum absolute atomic E-state index is 0.190. The van der Waals surface area contributed by atoms with Crippen molar-refractivity contribution in [3.8, 4) is 5.69 Å². The van der Waals surface area contributed by atoms with Gasteiger partial charge in [-0.3, -0.25) is 24.5 Å². The number of hydrogen-bond donors (Lipinski definition) is 1. The third-order valence-electron chi connectivity index (χ3n) is 6.92. The number of nitrogens with one attached hydrogen (secondary N) is 1. The van der Waals surface area contributed by atoms with Gasteiger partial charge < -0.3 is 14.4 Å². The van der Waals surface area contributed by atoms with Crippen LogP contribution in [-0.4, -0.2) is 75.8 Å². The second kappa shape index (κ2) is 8.36. The molecule has 1 fully saturated rings. The van der Waals surface area contributed by atoms with Crippen LogP contribution in [0.25, 0.3) is 5.69 Å². The number of aromatic nitrogens is 6. The Labute approximate surface area is 205 Å². The van der Waals surface area contributed by atoms with E-state index < -0.39 is 11.9 Å². The summed E-state index contributed by atoms with van der Waals surface area (Å²) >= 11 is 0. The van der Waals surface area contributed by atoms with Gasteiger partial charge in [0.15, 0.2) is 11.5 Å². The summed E-state index contributed by atoms with van der Waals surface area (Å²) < 4.78 is 3.50. The molecule has 3 aliphatic heterocycles. The predicted molar refractivity (Wildman–Crippen MR) is 122 cm³/mol. The number of piperidine rings is 1. The van der Waals surface area contributed by atoms with Gasteiger partial charge in [-0.15, -0.1) is 15.3 Å². The summed E-state index contributed by atoms with van der Waals surface area (Å²) in [4.78, 5) is 53.1. The molecule has 0 bridgehead atoms. The molecule has 4 amide bonds. The lowest BCUT2D eigenvalue weighted by Gasteiger charge is -2.29. The number of aryl methyl sites for hydroxylation is 1. The zero-order valence-corrected chi connectivity index (χ0v) is 19.5. The highest BCUT2D eigenvalue weighted by atomic mass is 16.2. The zero-order valence-electron chi connectivity index (χ0n) is 19.5. The molecule has 1 atom stereocenters. The van der Waals surface area contributed by atoms with Gasteiger partial charge >= 0.3 is 0 Å². The second-order valence-corrected chi connectivity index (χ2v) is 9.05. The van der Waals surface area contributed by atoms with Crippen LogP contribution in [0.1, 0.15) is 57.8 Å². The van der Waals surface area contributed by atoms with Crippen molar-refractivity contribution in [3.63, 3.8) is 0 Å². The van der Waals surface area contributed by atoms with Crippen LogP contribution in [0, 0.1) is 0 Å². The van der Waals surface area contributed by atoms with E-state index in [-0.39, 0.29) is 29.8 Å². The largest absolute Gasteiger partial charge is 0.328 e. The summed E-state index contributed by atoms with van der Waals surface area (Å²) in [7, 11) is 0. The first-order valence-electron chi connectivity index (χ1n) is 11.8. The summed E-state index contributed by atoms with van der Waals surface area (Å²) in [6.45, 7) is 3.81. The summed E-state index contributed by atoms with van der Waals surface area (Å²) in [5.74, 6) is 0.351. The summed E-state index contributed by atoms with van der Waals surface area (Å²) in [6, 6.07) is 4.60. The van der Waals surface area contributed by atoms with Crippen molar-refractivity contribution >= 4 is 23.6 Å². The fourth-order valence-corrected chi connectivity index (χ4v) is 4.99. The molecule has 1 saturated heterocycles. The van der Waals surface area contributed by atoms with E-state index in [2.05, 4.69) is 25.8 Å². The Balaban J connectivity index is 1.19. The molecule has 3 aliphatic rings. The van der Waals surface area contributed by atoms with Gasteiger partial charge in [0, 0.05) is 38.0 Å². The number of imide groups is 1. The third-order valence-corrected chi connectivity index (χ3v) is 6.92. The van der Waals surface area contributed by atoms with E-state index in [1.54, 1.807) is 23.1 Å². The number of carbonyl (C=O) groups excluding carboxylic acids is 4. The van der Waals surface area contributed by atoms with Crippen molar-refractivity contribution in [3.05, 3.63) is 52.9 Å². The number of carbonyl (C=O) groups is 4. The smallest absolute Gasteiger partial charge is 0.276 e. The molecule has 5 heterocycles. The highest BCUT2D eigenvalue weighted by molar-refractivity contribution is 6.05. The maximum Gasteiger partial charge on any atom is 0.276 e. The topological polar surface area (TPSA) is 148 Å². The van der Waals surface area contributed by atoms with Crippen molar-refractivity contribution in [2.45, 2.75) is 51.9 Å². The lowest BCUT2D eigenvalue weighted by Crippen LogP contribution is -2.52. The number of benzene rings is 1. The number of nitrogens with zero attached hydrogens (tertiary/aromatic N) is 8. The molecular formula is C23H23N9O4. The highest BCUT2D eigenvalue weighted by Crippen LogP contribution is 2.29. The number of amides is 4. The Morgan fingerprint density at radius 1 is 1.11 bits per heavy atom. The van der Waals surface area contributed by atoms with E-state index >= 15 is 0 Å². The van der Waals surface area contributed by atoms with Gasteiger partial charge in [-0.05, 0) is 24.1 Å². The Morgan fingerprint density at radius 2 is 1.97 bits per heavy atom. The van der Waals surface area contributed by atoms with Crippen LogP contribution in [0.2, 0.25) is 0 Å². The first-order valence-corrected chi connectivity index (χ1v) is 11.8. The minimum Gasteiger partial charge on any atom is -0.328 e. The third kappa shape index (κ3) is 3.54. The number of hydrogen-bond acceptors (Lipinski definition) is 8. The molecule has 3 aromatic rings. The van der Waals surface area contributed by atoms with Crippen LogP contribution in [0.4, 0.5) is 0 Å². The van der Waals surface area contributed by atoms with Crippen molar-refractivity contribution < 1.29 is 19.2 Å². The van der Waals surface area contributed by atoms with Crippen molar-refractivity contribution in [2.75, 3.05) is 6.54 Å². The Kier molecular flexibility index (Phi) is 5.12. The number of fused-ring (bicyclic) bond motifs is 2. The monoisotopic (exact) mass is 489 g/mol. The van der Waals surface area contributed by atoms with Crippen LogP contribution < -0.4 is 5.32 Å². The summed E-state index contributed by atoms with van der Waals surface area (Å²) in [5.41, 5.74) is 2.01. The zero-order chi connectivity index (χ0) is 25.0. The molecule has 0 spiro atoms. The SMILES string of the molecule is CCc1nnc2n1CCN(C(=O)c1cn(-c3ccc4c(c3)C(=O)N(C3CCC(=O)NC3=O)C4)nn1)C2. The van der Waals surface area contributed by atoms with Crippen LogP contribution in [0.15, 0.2) is 24.4 Å². The molecule has 1 aromatic carbocycles. The summed E-state index contributed by atoms with van der Waals surface area (Å²) in [5, 5.41) is 18.8. The van der Waals surface area contributed by atoms with Gasteiger partial charge in [-0.1, -0.05) is 18.2 Å². The van der Waals surface area contributed by atoms with Gasteiger partial charge in [-0.25, -0.2) is 4.68 Å². The molecule has 13 heteroatoms. The lowest BCUT2D eigenvalue weighted by molar-refractivity contribution is -0.136. The molecule has 0 aliphatic carbocycles. The minimum atomic E-state index is -0.676. The van der Waals surface area contributed by atoms with Crippen LogP contribution in [0.3, 0.4) is 0 Å².